The van der Waals surface area contributed by atoms with Crippen LogP contribution in [0.3, 0.4) is 0 Å². The van der Waals surface area contributed by atoms with Crippen molar-refractivity contribution in [2.75, 3.05) is 0 Å². The summed E-state index contributed by atoms with van der Waals surface area (Å²) in [6, 6.07) is 23.7. The minimum Gasteiger partial charge on any atom is -0.480 e. The van der Waals surface area contributed by atoms with Crippen molar-refractivity contribution in [3.63, 3.8) is 0 Å². The predicted octanol–water partition coefficient (Wildman–Crippen LogP) is 6.20. The quantitative estimate of drug-likeness (QED) is 0.419. The fraction of sp³-hybridized carbons (Fsp3) is 0.231. The summed E-state index contributed by atoms with van der Waals surface area (Å²) in [5.41, 5.74) is -2.78. The topological polar surface area (TPSA) is 79.5 Å². The second kappa shape index (κ2) is 9.70. The Labute approximate surface area is 190 Å². The number of carboxylic acid groups (broad SMARTS) is 1. The monoisotopic (exact) mass is 451 g/mol. The Hall–Kier alpha value is -3.92. The van der Waals surface area contributed by atoms with Crippen LogP contribution in [0.15, 0.2) is 78.9 Å². The fourth-order valence-corrected chi connectivity index (χ4v) is 3.99. The summed E-state index contributed by atoms with van der Waals surface area (Å²) in [6.07, 6.45) is 0.155. The van der Waals surface area contributed by atoms with Gasteiger partial charge in [0.25, 0.3) is 0 Å². The average Bonchev–Trinajstić information content (AvgIpc) is 2.75. The number of hydrogen-bond acceptors (Lipinski definition) is 4. The van der Waals surface area contributed by atoms with E-state index in [0.29, 0.717) is 11.5 Å². The molecule has 0 aliphatic heterocycles. The van der Waals surface area contributed by atoms with E-state index in [4.69, 9.17) is 4.74 Å². The molecule has 0 amide bonds. The van der Waals surface area contributed by atoms with Crippen LogP contribution in [0.5, 0.6) is 17.2 Å². The van der Waals surface area contributed by atoms with Gasteiger partial charge in [0.15, 0.2) is 5.41 Å². The first-order chi connectivity index (χ1) is 15.7. The molecule has 3 rings (SSSR count). The standard InChI is InChI=1S/C26H23F2NO4/c1-25(2,16-18-9-8-12-20(15-18)32-19-10-4-3-5-11-19)26(17-29,23(30)31)21-13-6-7-14-22(21)33-24(27)28/h3-15,24H,16H2,1-2H3,(H,30,31). The summed E-state index contributed by atoms with van der Waals surface area (Å²) in [5.74, 6) is -0.597. The lowest BCUT2D eigenvalue weighted by molar-refractivity contribution is -0.146. The van der Waals surface area contributed by atoms with Crippen LogP contribution in [0.4, 0.5) is 8.78 Å². The molecule has 0 bridgehead atoms. The molecular formula is C26H23F2NO4. The van der Waals surface area contributed by atoms with Gasteiger partial charge >= 0.3 is 12.6 Å². The third kappa shape index (κ3) is 4.96. The molecule has 170 valence electrons. The summed E-state index contributed by atoms with van der Waals surface area (Å²) in [6.45, 7) is 0.0777. The smallest absolute Gasteiger partial charge is 0.387 e. The number of rotatable bonds is 9. The predicted molar refractivity (Wildman–Crippen MR) is 118 cm³/mol. The summed E-state index contributed by atoms with van der Waals surface area (Å²) < 4.78 is 36.4. The molecule has 5 nitrogen and oxygen atoms in total. The van der Waals surface area contributed by atoms with Crippen molar-refractivity contribution in [1.82, 2.24) is 0 Å². The van der Waals surface area contributed by atoms with Gasteiger partial charge in [-0.2, -0.15) is 14.0 Å². The molecular weight excluding hydrogens is 428 g/mol. The van der Waals surface area contributed by atoms with E-state index in [1.807, 2.05) is 36.4 Å². The van der Waals surface area contributed by atoms with Gasteiger partial charge in [-0.1, -0.05) is 62.4 Å². The highest BCUT2D eigenvalue weighted by Gasteiger charge is 2.55. The lowest BCUT2D eigenvalue weighted by atomic mass is 9.60. The SMILES string of the molecule is CC(C)(Cc1cccc(Oc2ccccc2)c1)C(C#N)(C(=O)O)c1ccccc1OC(F)F. The Kier molecular flexibility index (Phi) is 6.98. The first kappa shape index (κ1) is 23.7. The number of carboxylic acids is 1. The van der Waals surface area contributed by atoms with Crippen LogP contribution in [0.25, 0.3) is 0 Å². The third-order valence-corrected chi connectivity index (χ3v) is 5.53. The Morgan fingerprint density at radius 3 is 2.27 bits per heavy atom. The second-order valence-electron chi connectivity index (χ2n) is 8.16. The van der Waals surface area contributed by atoms with Gasteiger partial charge in [0.05, 0.1) is 6.07 Å². The Bertz CT molecular complexity index is 1160. The molecule has 1 N–H and O–H groups in total. The van der Waals surface area contributed by atoms with Gasteiger partial charge < -0.3 is 14.6 Å². The maximum atomic E-state index is 13.0. The van der Waals surface area contributed by atoms with Crippen LogP contribution >= 0.6 is 0 Å². The molecule has 0 aliphatic rings. The van der Waals surface area contributed by atoms with Crippen molar-refractivity contribution < 1.29 is 28.2 Å². The number of carbonyl (C=O) groups is 1. The normalized spacial score (nSPS) is 13.1. The van der Waals surface area contributed by atoms with Gasteiger partial charge in [0.1, 0.15) is 17.2 Å². The van der Waals surface area contributed by atoms with Gasteiger partial charge in [-0.3, -0.25) is 4.79 Å². The van der Waals surface area contributed by atoms with Crippen molar-refractivity contribution in [1.29, 1.82) is 5.26 Å². The zero-order valence-electron chi connectivity index (χ0n) is 18.2. The molecule has 3 aromatic rings. The molecule has 0 aliphatic carbocycles. The van der Waals surface area contributed by atoms with Crippen molar-refractivity contribution >= 4 is 5.97 Å². The second-order valence-corrected chi connectivity index (χ2v) is 8.16. The van der Waals surface area contributed by atoms with Gasteiger partial charge in [0.2, 0.25) is 0 Å². The maximum Gasteiger partial charge on any atom is 0.387 e. The third-order valence-electron chi connectivity index (χ3n) is 5.53. The molecule has 3 aromatic carbocycles. The van der Waals surface area contributed by atoms with E-state index in [1.54, 1.807) is 38.1 Å². The largest absolute Gasteiger partial charge is 0.480 e. The zero-order chi connectivity index (χ0) is 24.1. The van der Waals surface area contributed by atoms with E-state index < -0.39 is 23.4 Å². The van der Waals surface area contributed by atoms with Gasteiger partial charge in [-0.15, -0.1) is 0 Å². The number of benzene rings is 3. The van der Waals surface area contributed by atoms with E-state index in [9.17, 15) is 23.9 Å². The number of halogens is 2. The Balaban J connectivity index is 2.01. The van der Waals surface area contributed by atoms with Crippen LogP contribution in [0, 0.1) is 16.7 Å². The Morgan fingerprint density at radius 2 is 1.64 bits per heavy atom. The molecule has 0 aromatic heterocycles. The van der Waals surface area contributed by atoms with E-state index in [0.717, 1.165) is 5.56 Å². The number of para-hydroxylation sites is 2. The molecule has 7 heteroatoms. The summed E-state index contributed by atoms with van der Waals surface area (Å²) in [5, 5.41) is 20.3. The molecule has 0 saturated carbocycles. The van der Waals surface area contributed by atoms with E-state index >= 15 is 0 Å². The summed E-state index contributed by atoms with van der Waals surface area (Å²) >= 11 is 0. The minimum absolute atomic E-state index is 0.123. The van der Waals surface area contributed by atoms with Gasteiger partial charge in [-0.25, -0.2) is 0 Å². The van der Waals surface area contributed by atoms with E-state index in [1.165, 1.54) is 24.3 Å². The van der Waals surface area contributed by atoms with Gasteiger partial charge in [-0.05, 0) is 42.3 Å². The molecule has 0 saturated heterocycles. The van der Waals surface area contributed by atoms with Gasteiger partial charge in [0, 0.05) is 11.0 Å². The number of aliphatic carboxylic acids is 1. The van der Waals surface area contributed by atoms with Crippen LogP contribution in [0.1, 0.15) is 25.0 Å². The molecule has 1 atom stereocenters. The average molecular weight is 451 g/mol. The fourth-order valence-electron chi connectivity index (χ4n) is 3.99. The minimum atomic E-state index is -3.16. The molecule has 33 heavy (non-hydrogen) atoms. The zero-order valence-corrected chi connectivity index (χ0v) is 18.2. The molecule has 0 heterocycles. The molecule has 0 radical (unpaired) electrons. The molecule has 0 fully saturated rings. The Morgan fingerprint density at radius 1 is 1.00 bits per heavy atom. The number of alkyl halides is 2. The molecule has 1 unspecified atom stereocenters. The van der Waals surface area contributed by atoms with Crippen LogP contribution < -0.4 is 9.47 Å². The van der Waals surface area contributed by atoms with Crippen molar-refractivity contribution in [3.05, 3.63) is 90.0 Å². The number of nitrogens with zero attached hydrogens (tertiary/aromatic N) is 1. The van der Waals surface area contributed by atoms with Crippen molar-refractivity contribution in [2.45, 2.75) is 32.3 Å². The maximum absolute atomic E-state index is 13.0. The van der Waals surface area contributed by atoms with E-state index in [-0.39, 0.29) is 17.7 Å². The highest BCUT2D eigenvalue weighted by Crippen LogP contribution is 2.47. The van der Waals surface area contributed by atoms with Crippen molar-refractivity contribution in [2.24, 2.45) is 5.41 Å². The molecule has 0 spiro atoms. The van der Waals surface area contributed by atoms with E-state index in [2.05, 4.69) is 4.74 Å². The first-order valence-electron chi connectivity index (χ1n) is 10.2. The summed E-state index contributed by atoms with van der Waals surface area (Å²) in [4.78, 5) is 12.5. The highest BCUT2D eigenvalue weighted by molar-refractivity contribution is 5.87. The first-order valence-corrected chi connectivity index (χ1v) is 10.2. The van der Waals surface area contributed by atoms with Crippen LogP contribution in [0.2, 0.25) is 0 Å². The number of hydrogen-bond donors (Lipinski definition) is 1. The lowest BCUT2D eigenvalue weighted by Crippen LogP contribution is -2.49. The van der Waals surface area contributed by atoms with Crippen LogP contribution in [-0.2, 0) is 16.6 Å². The highest BCUT2D eigenvalue weighted by atomic mass is 19.3. The van der Waals surface area contributed by atoms with Crippen molar-refractivity contribution in [3.8, 4) is 23.3 Å². The van der Waals surface area contributed by atoms with Crippen LogP contribution in [-0.4, -0.2) is 17.7 Å². The lowest BCUT2D eigenvalue weighted by Gasteiger charge is -2.39. The number of ether oxygens (including phenoxy) is 2. The number of nitriles is 1. The summed E-state index contributed by atoms with van der Waals surface area (Å²) in [7, 11) is 0.